The number of anilines is 2. The Labute approximate surface area is 289 Å². The summed E-state index contributed by atoms with van der Waals surface area (Å²) >= 11 is 1.34. The van der Waals surface area contributed by atoms with Gasteiger partial charge in [-0.3, -0.25) is 14.4 Å². The van der Waals surface area contributed by atoms with E-state index in [-0.39, 0.29) is 11.6 Å². The SMILES string of the molecule is COc1cccc(NC(=O)C(Sc2cccc(NC(=O)/C(=C\c3cc(OC)ccc3OC)NC(=O)c3ccccc3)c2)c2ccccc2)c1. The maximum absolute atomic E-state index is 13.8. The monoisotopic (exact) mass is 673 g/mol. The normalized spacial score (nSPS) is 11.5. The molecule has 5 rings (SSSR count). The summed E-state index contributed by atoms with van der Waals surface area (Å²) in [7, 11) is 4.63. The van der Waals surface area contributed by atoms with Crippen molar-refractivity contribution in [3.63, 3.8) is 0 Å². The van der Waals surface area contributed by atoms with Gasteiger partial charge in [-0.05, 0) is 72.3 Å². The topological polar surface area (TPSA) is 115 Å². The van der Waals surface area contributed by atoms with Crippen LogP contribution < -0.4 is 30.2 Å². The molecule has 0 radical (unpaired) electrons. The predicted molar refractivity (Wildman–Crippen MR) is 193 cm³/mol. The average molecular weight is 674 g/mol. The van der Waals surface area contributed by atoms with Gasteiger partial charge in [0.15, 0.2) is 0 Å². The van der Waals surface area contributed by atoms with Crippen molar-refractivity contribution < 1.29 is 28.6 Å². The van der Waals surface area contributed by atoms with Crippen molar-refractivity contribution in [3.05, 3.63) is 150 Å². The highest BCUT2D eigenvalue weighted by atomic mass is 32.2. The van der Waals surface area contributed by atoms with Gasteiger partial charge < -0.3 is 30.2 Å². The number of methoxy groups -OCH3 is 3. The Morgan fingerprint density at radius 1 is 0.653 bits per heavy atom. The summed E-state index contributed by atoms with van der Waals surface area (Å²) in [6.07, 6.45) is 1.53. The summed E-state index contributed by atoms with van der Waals surface area (Å²) < 4.78 is 16.2. The predicted octanol–water partition coefficient (Wildman–Crippen LogP) is 7.59. The van der Waals surface area contributed by atoms with Crippen LogP contribution in [0.15, 0.2) is 138 Å². The Balaban J connectivity index is 1.41. The first-order valence-corrected chi connectivity index (χ1v) is 16.1. The molecule has 0 saturated carbocycles. The lowest BCUT2D eigenvalue weighted by Gasteiger charge is -2.18. The van der Waals surface area contributed by atoms with Gasteiger partial charge in [-0.25, -0.2) is 0 Å². The molecule has 0 aliphatic carbocycles. The first-order chi connectivity index (χ1) is 23.9. The van der Waals surface area contributed by atoms with Gasteiger partial charge in [0.25, 0.3) is 11.8 Å². The Bertz CT molecular complexity index is 1950. The highest BCUT2D eigenvalue weighted by Gasteiger charge is 2.23. The molecule has 10 heteroatoms. The summed E-state index contributed by atoms with van der Waals surface area (Å²) in [5.41, 5.74) is 2.78. The first kappa shape index (κ1) is 34.3. The number of hydrogen-bond acceptors (Lipinski definition) is 7. The summed E-state index contributed by atoms with van der Waals surface area (Å²) in [6.45, 7) is 0. The van der Waals surface area contributed by atoms with Gasteiger partial charge in [-0.2, -0.15) is 0 Å². The van der Waals surface area contributed by atoms with Crippen molar-refractivity contribution in [2.75, 3.05) is 32.0 Å². The Morgan fingerprint density at radius 2 is 1.31 bits per heavy atom. The zero-order chi connectivity index (χ0) is 34.6. The average Bonchev–Trinajstić information content (AvgIpc) is 3.14. The molecule has 1 atom stereocenters. The molecular weight excluding hydrogens is 639 g/mol. The van der Waals surface area contributed by atoms with Crippen molar-refractivity contribution in [2.45, 2.75) is 10.1 Å². The summed E-state index contributed by atoms with van der Waals surface area (Å²) in [5.74, 6) is 0.419. The molecule has 5 aromatic rings. The van der Waals surface area contributed by atoms with Crippen molar-refractivity contribution in [3.8, 4) is 17.2 Å². The van der Waals surface area contributed by atoms with Crippen LogP contribution in [0, 0.1) is 0 Å². The number of rotatable bonds is 13. The van der Waals surface area contributed by atoms with Gasteiger partial charge in [0.1, 0.15) is 28.2 Å². The van der Waals surface area contributed by atoms with E-state index in [0.717, 1.165) is 10.5 Å². The molecule has 248 valence electrons. The van der Waals surface area contributed by atoms with E-state index in [1.807, 2.05) is 36.4 Å². The van der Waals surface area contributed by atoms with E-state index in [1.54, 1.807) is 98.1 Å². The largest absolute Gasteiger partial charge is 0.497 e. The van der Waals surface area contributed by atoms with E-state index < -0.39 is 17.1 Å². The first-order valence-electron chi connectivity index (χ1n) is 15.2. The molecule has 0 heterocycles. The third-order valence-electron chi connectivity index (χ3n) is 7.29. The van der Waals surface area contributed by atoms with Gasteiger partial charge in [-0.1, -0.05) is 60.7 Å². The molecule has 0 spiro atoms. The molecule has 0 bridgehead atoms. The number of carbonyl (C=O) groups excluding carboxylic acids is 3. The Kier molecular flexibility index (Phi) is 11.7. The highest BCUT2D eigenvalue weighted by molar-refractivity contribution is 8.00. The summed E-state index contributed by atoms with van der Waals surface area (Å²) in [4.78, 5) is 41.4. The minimum Gasteiger partial charge on any atom is -0.497 e. The van der Waals surface area contributed by atoms with Crippen molar-refractivity contribution in [1.82, 2.24) is 5.32 Å². The molecular formula is C39H35N3O6S. The number of carbonyl (C=O) groups is 3. The number of hydrogen-bond donors (Lipinski definition) is 3. The molecule has 0 fully saturated rings. The van der Waals surface area contributed by atoms with Gasteiger partial charge in [-0.15, -0.1) is 11.8 Å². The van der Waals surface area contributed by atoms with Crippen LogP contribution in [0.5, 0.6) is 17.2 Å². The number of nitrogens with one attached hydrogen (secondary N) is 3. The third kappa shape index (κ3) is 9.30. The molecule has 3 amide bonds. The summed E-state index contributed by atoms with van der Waals surface area (Å²) in [5, 5.41) is 8.03. The lowest BCUT2D eigenvalue weighted by atomic mass is 10.1. The van der Waals surface area contributed by atoms with Crippen molar-refractivity contribution in [1.29, 1.82) is 0 Å². The standard InChI is InChI=1S/C39H35N3O6S/c1-46-31-18-10-16-29(24-31)41-39(45)36(26-12-6-4-7-13-26)49-33-19-11-17-30(25-33)40-38(44)34(42-37(43)27-14-8-5-9-15-27)23-28-22-32(47-2)20-21-35(28)48-3/h4-25,36H,1-3H3,(H,40,44)(H,41,45)(H,42,43)/b34-23+. The second-order valence-corrected chi connectivity index (χ2v) is 11.8. The Morgan fingerprint density at radius 3 is 2.00 bits per heavy atom. The van der Waals surface area contributed by atoms with Crippen LogP contribution in [-0.2, 0) is 9.59 Å². The quantitative estimate of drug-likeness (QED) is 0.0872. The third-order valence-corrected chi connectivity index (χ3v) is 8.54. The fourth-order valence-electron chi connectivity index (χ4n) is 4.84. The fourth-order valence-corrected chi connectivity index (χ4v) is 5.92. The van der Waals surface area contributed by atoms with Crippen LogP contribution in [-0.4, -0.2) is 39.1 Å². The lowest BCUT2D eigenvalue weighted by molar-refractivity contribution is -0.116. The molecule has 9 nitrogen and oxygen atoms in total. The van der Waals surface area contributed by atoms with Gasteiger partial charge >= 0.3 is 0 Å². The highest BCUT2D eigenvalue weighted by Crippen LogP contribution is 2.37. The van der Waals surface area contributed by atoms with E-state index in [1.165, 1.54) is 32.1 Å². The fraction of sp³-hybridized carbons (Fsp3) is 0.103. The molecule has 0 aliphatic rings. The molecule has 0 aliphatic heterocycles. The molecule has 3 N–H and O–H groups in total. The summed E-state index contributed by atoms with van der Waals surface area (Å²) in [6, 6.07) is 37.5. The van der Waals surface area contributed by atoms with E-state index in [4.69, 9.17) is 14.2 Å². The van der Waals surface area contributed by atoms with Crippen LogP contribution in [0.1, 0.15) is 26.7 Å². The second-order valence-electron chi connectivity index (χ2n) is 10.6. The number of thioether (sulfide) groups is 1. The van der Waals surface area contributed by atoms with Crippen LogP contribution in [0.3, 0.4) is 0 Å². The minimum atomic E-state index is -0.612. The maximum Gasteiger partial charge on any atom is 0.272 e. The zero-order valence-corrected chi connectivity index (χ0v) is 28.0. The molecule has 49 heavy (non-hydrogen) atoms. The van der Waals surface area contributed by atoms with E-state index in [2.05, 4.69) is 16.0 Å². The molecule has 0 aromatic heterocycles. The van der Waals surface area contributed by atoms with E-state index in [0.29, 0.717) is 39.8 Å². The lowest BCUT2D eigenvalue weighted by Crippen LogP contribution is -2.30. The van der Waals surface area contributed by atoms with Crippen LogP contribution in [0.25, 0.3) is 6.08 Å². The van der Waals surface area contributed by atoms with Crippen LogP contribution in [0.4, 0.5) is 11.4 Å². The van der Waals surface area contributed by atoms with Crippen molar-refractivity contribution in [2.24, 2.45) is 0 Å². The minimum absolute atomic E-state index is 0.0155. The molecule has 5 aromatic carbocycles. The maximum atomic E-state index is 13.8. The van der Waals surface area contributed by atoms with Gasteiger partial charge in [0.2, 0.25) is 5.91 Å². The second kappa shape index (κ2) is 16.7. The molecule has 1 unspecified atom stereocenters. The van der Waals surface area contributed by atoms with Crippen LogP contribution >= 0.6 is 11.8 Å². The van der Waals surface area contributed by atoms with Crippen LogP contribution in [0.2, 0.25) is 0 Å². The van der Waals surface area contributed by atoms with Gasteiger partial charge in [0.05, 0.1) is 21.3 Å². The van der Waals surface area contributed by atoms with E-state index in [9.17, 15) is 14.4 Å². The van der Waals surface area contributed by atoms with Gasteiger partial charge in [0, 0.05) is 33.5 Å². The Hall–Kier alpha value is -6.00. The molecule has 0 saturated heterocycles. The number of benzene rings is 5. The number of amides is 3. The van der Waals surface area contributed by atoms with Crippen molar-refractivity contribution >= 4 is 46.9 Å². The van der Waals surface area contributed by atoms with E-state index >= 15 is 0 Å². The smallest absolute Gasteiger partial charge is 0.272 e. The zero-order valence-electron chi connectivity index (χ0n) is 27.1. The number of ether oxygens (including phenoxy) is 3.